The fourth-order valence-electron chi connectivity index (χ4n) is 1.72. The second-order valence-electron chi connectivity index (χ2n) is 3.86. The number of thiocarbonyl (C=S) groups is 1. The van der Waals surface area contributed by atoms with Gasteiger partial charge in [-0.25, -0.2) is 8.78 Å². The van der Waals surface area contributed by atoms with E-state index in [0.717, 1.165) is 6.42 Å². The van der Waals surface area contributed by atoms with E-state index in [4.69, 9.17) is 10.5 Å². The molecule has 0 aliphatic carbocycles. The Hall–Kier alpha value is -1.27. The van der Waals surface area contributed by atoms with Crippen molar-refractivity contribution in [2.24, 2.45) is 5.73 Å². The number of nitrogens with one attached hydrogen (secondary N) is 1. The molecule has 3 N–H and O–H groups in total. The quantitative estimate of drug-likeness (QED) is 0.812. The fraction of sp³-hybridized carbons (Fsp3) is 0.364. The Morgan fingerprint density at radius 2 is 2.18 bits per heavy atom. The first-order valence-corrected chi connectivity index (χ1v) is 5.62. The first-order chi connectivity index (χ1) is 8.09. The molecule has 0 spiro atoms. The van der Waals surface area contributed by atoms with Crippen molar-refractivity contribution >= 4 is 22.9 Å². The summed E-state index contributed by atoms with van der Waals surface area (Å²) in [5, 5.41) is 2.89. The number of benzene rings is 1. The van der Waals surface area contributed by atoms with E-state index in [-0.39, 0.29) is 22.3 Å². The van der Waals surface area contributed by atoms with Crippen molar-refractivity contribution in [1.29, 1.82) is 0 Å². The molecule has 1 fully saturated rings. The monoisotopic (exact) mass is 258 g/mol. The molecule has 0 aromatic heterocycles. The third kappa shape index (κ3) is 2.53. The van der Waals surface area contributed by atoms with Gasteiger partial charge in [-0.1, -0.05) is 12.2 Å². The summed E-state index contributed by atoms with van der Waals surface area (Å²) in [5.41, 5.74) is 5.31. The molecule has 1 aliphatic heterocycles. The van der Waals surface area contributed by atoms with Crippen molar-refractivity contribution in [3.8, 4) is 0 Å². The molecule has 1 heterocycles. The van der Waals surface area contributed by atoms with E-state index in [1.807, 2.05) is 0 Å². The highest BCUT2D eigenvalue weighted by atomic mass is 32.1. The Balaban J connectivity index is 2.23. The molecule has 0 bridgehead atoms. The molecule has 0 amide bonds. The molecule has 17 heavy (non-hydrogen) atoms. The van der Waals surface area contributed by atoms with Crippen molar-refractivity contribution in [1.82, 2.24) is 0 Å². The van der Waals surface area contributed by atoms with Gasteiger partial charge in [0.05, 0.1) is 18.3 Å². The van der Waals surface area contributed by atoms with Crippen molar-refractivity contribution in [3.05, 3.63) is 29.3 Å². The van der Waals surface area contributed by atoms with E-state index in [1.165, 1.54) is 12.1 Å². The molecule has 1 aliphatic rings. The Labute approximate surface area is 103 Å². The summed E-state index contributed by atoms with van der Waals surface area (Å²) in [5.74, 6) is -1.97. The first-order valence-electron chi connectivity index (χ1n) is 5.21. The maximum absolute atomic E-state index is 13.7. The van der Waals surface area contributed by atoms with Crippen LogP contribution in [0.4, 0.5) is 14.5 Å². The number of rotatable bonds is 3. The maximum Gasteiger partial charge on any atom is 0.182 e. The zero-order valence-electron chi connectivity index (χ0n) is 9.00. The van der Waals surface area contributed by atoms with Crippen LogP contribution in [0, 0.1) is 11.6 Å². The van der Waals surface area contributed by atoms with Crippen LogP contribution in [0.25, 0.3) is 0 Å². The van der Waals surface area contributed by atoms with Gasteiger partial charge in [0.1, 0.15) is 4.99 Å². The van der Waals surface area contributed by atoms with Crippen LogP contribution in [-0.4, -0.2) is 24.2 Å². The minimum absolute atomic E-state index is 0.0135. The fourth-order valence-corrected chi connectivity index (χ4v) is 1.88. The van der Waals surface area contributed by atoms with Crippen LogP contribution >= 0.6 is 12.2 Å². The van der Waals surface area contributed by atoms with Gasteiger partial charge in [0, 0.05) is 12.2 Å². The van der Waals surface area contributed by atoms with E-state index in [0.29, 0.717) is 13.2 Å². The van der Waals surface area contributed by atoms with Gasteiger partial charge >= 0.3 is 0 Å². The average Bonchev–Trinajstić information content (AvgIpc) is 2.77. The normalized spacial score (nSPS) is 19.3. The topological polar surface area (TPSA) is 47.3 Å². The van der Waals surface area contributed by atoms with Crippen molar-refractivity contribution in [2.45, 2.75) is 12.5 Å². The zero-order valence-corrected chi connectivity index (χ0v) is 9.82. The molecule has 2 rings (SSSR count). The molecule has 92 valence electrons. The SMILES string of the molecule is NC(=S)c1ccc(NC2CCOC2)c(F)c1F. The molecule has 3 nitrogen and oxygen atoms in total. The number of hydrogen-bond donors (Lipinski definition) is 2. The van der Waals surface area contributed by atoms with Gasteiger partial charge in [0.2, 0.25) is 0 Å². The molecule has 0 saturated carbocycles. The standard InChI is InChI=1S/C11H12F2N2OS/c12-9-7(11(14)17)1-2-8(10(9)13)15-6-3-4-16-5-6/h1-2,6,15H,3-5H2,(H2,14,17). The lowest BCUT2D eigenvalue weighted by Crippen LogP contribution is -2.21. The van der Waals surface area contributed by atoms with Gasteiger partial charge in [-0.15, -0.1) is 0 Å². The van der Waals surface area contributed by atoms with E-state index in [1.54, 1.807) is 0 Å². The van der Waals surface area contributed by atoms with E-state index < -0.39 is 11.6 Å². The molecule has 1 aromatic rings. The number of nitrogens with two attached hydrogens (primary N) is 1. The summed E-state index contributed by atoms with van der Waals surface area (Å²) in [6, 6.07) is 2.82. The number of hydrogen-bond acceptors (Lipinski definition) is 3. The largest absolute Gasteiger partial charge is 0.389 e. The summed E-state index contributed by atoms with van der Waals surface area (Å²) >= 11 is 4.63. The molecule has 1 aromatic carbocycles. The van der Waals surface area contributed by atoms with Crippen molar-refractivity contribution in [2.75, 3.05) is 18.5 Å². The average molecular weight is 258 g/mol. The van der Waals surface area contributed by atoms with Crippen LogP contribution in [0.3, 0.4) is 0 Å². The lowest BCUT2D eigenvalue weighted by Gasteiger charge is -2.14. The van der Waals surface area contributed by atoms with Crippen molar-refractivity contribution < 1.29 is 13.5 Å². The minimum Gasteiger partial charge on any atom is -0.389 e. The summed E-state index contributed by atoms with van der Waals surface area (Å²) in [7, 11) is 0. The maximum atomic E-state index is 13.7. The third-order valence-corrected chi connectivity index (χ3v) is 2.86. The second kappa shape index (κ2) is 4.93. The van der Waals surface area contributed by atoms with Crippen LogP contribution in [0.15, 0.2) is 12.1 Å². The summed E-state index contributed by atoms with van der Waals surface area (Å²) in [4.78, 5) is -0.155. The third-order valence-electron chi connectivity index (χ3n) is 2.64. The lowest BCUT2D eigenvalue weighted by molar-refractivity contribution is 0.195. The molecule has 1 atom stereocenters. The lowest BCUT2D eigenvalue weighted by atomic mass is 10.1. The smallest absolute Gasteiger partial charge is 0.182 e. The Kier molecular flexibility index (Phi) is 3.54. The molecular weight excluding hydrogens is 246 g/mol. The van der Waals surface area contributed by atoms with Gasteiger partial charge in [0.25, 0.3) is 0 Å². The Morgan fingerprint density at radius 1 is 1.41 bits per heavy atom. The van der Waals surface area contributed by atoms with Crippen molar-refractivity contribution in [3.63, 3.8) is 0 Å². The van der Waals surface area contributed by atoms with Gasteiger partial charge in [-0.2, -0.15) is 0 Å². The summed E-state index contributed by atoms with van der Waals surface area (Å²) < 4.78 is 32.4. The molecule has 6 heteroatoms. The van der Waals surface area contributed by atoms with Gasteiger partial charge in [-0.3, -0.25) is 0 Å². The Morgan fingerprint density at radius 3 is 2.76 bits per heavy atom. The number of ether oxygens (including phenoxy) is 1. The predicted octanol–water partition coefficient (Wildman–Crippen LogP) is 1.80. The van der Waals surface area contributed by atoms with E-state index in [9.17, 15) is 8.78 Å². The van der Waals surface area contributed by atoms with Gasteiger partial charge in [0.15, 0.2) is 11.6 Å². The van der Waals surface area contributed by atoms with Crippen LogP contribution in [-0.2, 0) is 4.74 Å². The number of anilines is 1. The highest BCUT2D eigenvalue weighted by molar-refractivity contribution is 7.80. The number of halogens is 2. The predicted molar refractivity (Wildman–Crippen MR) is 65.1 cm³/mol. The summed E-state index contributed by atoms with van der Waals surface area (Å²) in [6.45, 7) is 1.13. The highest BCUT2D eigenvalue weighted by Gasteiger charge is 2.20. The Bertz CT molecular complexity index is 447. The molecular formula is C11H12F2N2OS. The van der Waals surface area contributed by atoms with Gasteiger partial charge in [-0.05, 0) is 18.6 Å². The van der Waals surface area contributed by atoms with Crippen LogP contribution in [0.5, 0.6) is 0 Å². The van der Waals surface area contributed by atoms with Gasteiger partial charge < -0.3 is 15.8 Å². The minimum atomic E-state index is -1.01. The summed E-state index contributed by atoms with van der Waals surface area (Å²) in [6.07, 6.45) is 0.776. The zero-order chi connectivity index (χ0) is 12.4. The molecule has 1 unspecified atom stereocenters. The molecule has 0 radical (unpaired) electrons. The van der Waals surface area contributed by atoms with Crippen LogP contribution in [0.1, 0.15) is 12.0 Å². The van der Waals surface area contributed by atoms with E-state index >= 15 is 0 Å². The van der Waals surface area contributed by atoms with E-state index in [2.05, 4.69) is 17.5 Å². The molecule has 1 saturated heterocycles. The first kappa shape index (κ1) is 12.2. The second-order valence-corrected chi connectivity index (χ2v) is 4.30. The van der Waals surface area contributed by atoms with Crippen LogP contribution < -0.4 is 11.1 Å². The van der Waals surface area contributed by atoms with Crippen LogP contribution in [0.2, 0.25) is 0 Å². The highest BCUT2D eigenvalue weighted by Crippen LogP contribution is 2.22.